The van der Waals surface area contributed by atoms with Gasteiger partial charge in [0.25, 0.3) is 0 Å². The van der Waals surface area contributed by atoms with E-state index in [1.165, 1.54) is 34.8 Å². The number of aliphatic hydroxyl groups is 1. The molecule has 1 unspecified atom stereocenters. The number of hydrogen-bond donors (Lipinski definition) is 2. The molecule has 0 fully saturated rings. The van der Waals surface area contributed by atoms with Gasteiger partial charge in [-0.1, -0.05) is 6.07 Å². The fourth-order valence-electron chi connectivity index (χ4n) is 2.66. The fraction of sp³-hybridized carbons (Fsp3) is 0.222. The number of fused-ring (bicyclic) bond motifs is 1. The van der Waals surface area contributed by atoms with Crippen LogP contribution in [0.15, 0.2) is 52.7 Å². The Balaban J connectivity index is 1.45. The van der Waals surface area contributed by atoms with Crippen LogP contribution in [0.3, 0.4) is 0 Å². The third kappa shape index (κ3) is 4.02. The van der Waals surface area contributed by atoms with Crippen molar-refractivity contribution in [2.75, 3.05) is 13.2 Å². The number of rotatable bonds is 6. The molecule has 9 heteroatoms. The number of benzene rings is 1. The molecule has 1 aliphatic heterocycles. The average Bonchev–Trinajstić information content (AvgIpc) is 3.37. The van der Waals surface area contributed by atoms with Crippen molar-refractivity contribution in [1.82, 2.24) is 4.72 Å². The monoisotopic (exact) mass is 423 g/mol. The Labute approximate surface area is 165 Å². The number of nitrogens with one attached hydrogen (secondary N) is 1. The van der Waals surface area contributed by atoms with Gasteiger partial charge in [-0.15, -0.1) is 22.7 Å². The van der Waals surface area contributed by atoms with Crippen molar-refractivity contribution in [3.05, 3.63) is 62.5 Å². The number of ether oxygens (including phenoxy) is 2. The maximum Gasteiger partial charge on any atom is 0.241 e. The summed E-state index contributed by atoms with van der Waals surface area (Å²) in [5, 5.41) is 12.3. The third-order valence-electron chi connectivity index (χ3n) is 4.02. The Morgan fingerprint density at radius 1 is 1.07 bits per heavy atom. The highest BCUT2D eigenvalue weighted by molar-refractivity contribution is 7.89. The van der Waals surface area contributed by atoms with E-state index in [1.54, 1.807) is 6.07 Å². The van der Waals surface area contributed by atoms with Crippen LogP contribution in [0.1, 0.15) is 20.7 Å². The highest BCUT2D eigenvalue weighted by Gasteiger charge is 2.20. The Morgan fingerprint density at radius 3 is 2.67 bits per heavy atom. The first-order chi connectivity index (χ1) is 13.0. The molecule has 1 aromatic carbocycles. The lowest BCUT2D eigenvalue weighted by atomic mass is 10.2. The van der Waals surface area contributed by atoms with Gasteiger partial charge in [-0.05, 0) is 35.7 Å². The first-order valence-corrected chi connectivity index (χ1v) is 11.4. The highest BCUT2D eigenvalue weighted by Crippen LogP contribution is 2.33. The molecule has 6 nitrogen and oxygen atoms in total. The quantitative estimate of drug-likeness (QED) is 0.636. The zero-order valence-electron chi connectivity index (χ0n) is 14.1. The van der Waals surface area contributed by atoms with Gasteiger partial charge in [0.2, 0.25) is 10.0 Å². The van der Waals surface area contributed by atoms with Crippen molar-refractivity contribution in [3.63, 3.8) is 0 Å². The summed E-state index contributed by atoms with van der Waals surface area (Å²) in [6.45, 7) is 1.00. The smallest absolute Gasteiger partial charge is 0.241 e. The predicted octanol–water partition coefficient (Wildman–Crippen LogP) is 3.14. The Kier molecular flexibility index (Phi) is 5.20. The minimum atomic E-state index is -3.69. The second kappa shape index (κ2) is 7.61. The summed E-state index contributed by atoms with van der Waals surface area (Å²) in [6, 6.07) is 12.0. The van der Waals surface area contributed by atoms with Gasteiger partial charge < -0.3 is 14.6 Å². The molecule has 3 aromatic rings. The molecule has 0 saturated carbocycles. The van der Waals surface area contributed by atoms with E-state index in [4.69, 9.17) is 9.47 Å². The van der Waals surface area contributed by atoms with Gasteiger partial charge in [-0.3, -0.25) is 0 Å². The molecule has 4 rings (SSSR count). The van der Waals surface area contributed by atoms with Gasteiger partial charge in [0.05, 0.1) is 4.90 Å². The van der Waals surface area contributed by atoms with E-state index in [0.717, 1.165) is 14.6 Å². The molecule has 2 N–H and O–H groups in total. The van der Waals surface area contributed by atoms with Crippen molar-refractivity contribution in [2.24, 2.45) is 0 Å². The summed E-state index contributed by atoms with van der Waals surface area (Å²) in [6.07, 6.45) is -0.682. The van der Waals surface area contributed by atoms with Gasteiger partial charge in [-0.25, -0.2) is 13.1 Å². The lowest BCUT2D eigenvalue weighted by Crippen LogP contribution is -2.23. The van der Waals surface area contributed by atoms with Crippen LogP contribution in [0.5, 0.6) is 11.5 Å². The SMILES string of the molecule is O=S(=O)(NCc1ccc(C(O)c2cccs2)s1)c1ccc2c(c1)OCCO2. The predicted molar refractivity (Wildman–Crippen MR) is 104 cm³/mol. The fourth-order valence-corrected chi connectivity index (χ4v) is 5.54. The summed E-state index contributed by atoms with van der Waals surface area (Å²) >= 11 is 2.87. The number of thiophene rings is 2. The van der Waals surface area contributed by atoms with E-state index in [9.17, 15) is 13.5 Å². The molecule has 3 heterocycles. The van der Waals surface area contributed by atoms with E-state index in [-0.39, 0.29) is 11.4 Å². The average molecular weight is 424 g/mol. The minimum Gasteiger partial charge on any atom is -0.486 e. The molecule has 27 heavy (non-hydrogen) atoms. The number of aliphatic hydroxyl groups excluding tert-OH is 1. The van der Waals surface area contributed by atoms with Crippen molar-refractivity contribution in [2.45, 2.75) is 17.5 Å². The summed E-state index contributed by atoms with van der Waals surface area (Å²) in [5.41, 5.74) is 0. The van der Waals surface area contributed by atoms with Gasteiger partial charge in [0.1, 0.15) is 19.3 Å². The van der Waals surface area contributed by atoms with Crippen LogP contribution in [0.4, 0.5) is 0 Å². The Hall–Kier alpha value is -1.91. The molecule has 1 aliphatic rings. The molecule has 142 valence electrons. The number of sulfonamides is 1. The van der Waals surface area contributed by atoms with E-state index in [1.807, 2.05) is 29.6 Å². The molecule has 0 saturated heterocycles. The van der Waals surface area contributed by atoms with E-state index < -0.39 is 16.1 Å². The Bertz CT molecular complexity index is 1030. The van der Waals surface area contributed by atoms with Crippen LogP contribution in [0.25, 0.3) is 0 Å². The van der Waals surface area contributed by atoms with Crippen LogP contribution in [0.2, 0.25) is 0 Å². The van der Waals surface area contributed by atoms with Gasteiger partial charge in [-0.2, -0.15) is 0 Å². The van der Waals surface area contributed by atoms with E-state index >= 15 is 0 Å². The largest absolute Gasteiger partial charge is 0.486 e. The van der Waals surface area contributed by atoms with Crippen molar-refractivity contribution < 1.29 is 23.0 Å². The summed E-state index contributed by atoms with van der Waals surface area (Å²) < 4.78 is 38.6. The minimum absolute atomic E-state index is 0.127. The lowest BCUT2D eigenvalue weighted by molar-refractivity contribution is 0.171. The molecule has 0 aliphatic carbocycles. The molecule has 0 spiro atoms. The molecule has 0 bridgehead atoms. The first-order valence-electron chi connectivity index (χ1n) is 8.22. The number of hydrogen-bond acceptors (Lipinski definition) is 7. The molecule has 0 amide bonds. The van der Waals surface area contributed by atoms with Crippen LogP contribution < -0.4 is 14.2 Å². The normalized spacial score (nSPS) is 14.9. The molecular formula is C18H17NO5S3. The highest BCUT2D eigenvalue weighted by atomic mass is 32.2. The zero-order chi connectivity index (χ0) is 18.9. The van der Waals surface area contributed by atoms with Gasteiger partial charge >= 0.3 is 0 Å². The van der Waals surface area contributed by atoms with E-state index in [2.05, 4.69) is 4.72 Å². The standard InChI is InChI=1S/C18H17NO5S3/c20-18(16-2-1-9-25-16)17-6-3-12(26-17)11-19-27(21,22)13-4-5-14-15(10-13)24-8-7-23-14/h1-6,9-10,18-20H,7-8,11H2. The van der Waals surface area contributed by atoms with Crippen LogP contribution in [0, 0.1) is 0 Å². The second-order valence-corrected chi connectivity index (χ2v) is 9.80. The third-order valence-corrected chi connectivity index (χ3v) is 7.49. The first kappa shape index (κ1) is 18.5. The topological polar surface area (TPSA) is 84.9 Å². The zero-order valence-corrected chi connectivity index (χ0v) is 16.6. The van der Waals surface area contributed by atoms with Crippen LogP contribution >= 0.6 is 22.7 Å². The van der Waals surface area contributed by atoms with Crippen molar-refractivity contribution in [1.29, 1.82) is 0 Å². The summed E-state index contributed by atoms with van der Waals surface area (Å²) in [7, 11) is -3.69. The molecular weight excluding hydrogens is 406 g/mol. The lowest BCUT2D eigenvalue weighted by Gasteiger charge is -2.18. The second-order valence-electron chi connectivity index (χ2n) is 5.85. The van der Waals surface area contributed by atoms with E-state index in [0.29, 0.717) is 24.7 Å². The molecule has 2 aromatic heterocycles. The van der Waals surface area contributed by atoms with Crippen LogP contribution in [-0.2, 0) is 16.6 Å². The molecule has 0 radical (unpaired) electrons. The van der Waals surface area contributed by atoms with Crippen LogP contribution in [-0.4, -0.2) is 26.7 Å². The van der Waals surface area contributed by atoms with Crippen molar-refractivity contribution in [3.8, 4) is 11.5 Å². The summed E-state index contributed by atoms with van der Waals surface area (Å²) in [4.78, 5) is 2.59. The Morgan fingerprint density at radius 2 is 1.89 bits per heavy atom. The molecule has 1 atom stereocenters. The van der Waals surface area contributed by atoms with Gasteiger partial charge in [0.15, 0.2) is 11.5 Å². The maximum atomic E-state index is 12.6. The summed E-state index contributed by atoms with van der Waals surface area (Å²) in [5.74, 6) is 0.979. The maximum absolute atomic E-state index is 12.6. The van der Waals surface area contributed by atoms with Crippen molar-refractivity contribution >= 4 is 32.7 Å². The van der Waals surface area contributed by atoms with Gasteiger partial charge in [0, 0.05) is 27.2 Å².